The van der Waals surface area contributed by atoms with E-state index in [1.807, 2.05) is 0 Å². The number of unbranched alkanes of at least 4 members (excludes halogenated alkanes) is 5. The van der Waals surface area contributed by atoms with Crippen molar-refractivity contribution in [1.29, 1.82) is 0 Å². The highest BCUT2D eigenvalue weighted by Crippen LogP contribution is 2.36. The molecule has 0 spiro atoms. The lowest BCUT2D eigenvalue weighted by molar-refractivity contribution is 0.607. The van der Waals surface area contributed by atoms with Crippen LogP contribution in [0.3, 0.4) is 0 Å². The fourth-order valence-corrected chi connectivity index (χ4v) is 4.93. The maximum atomic E-state index is 3.56. The van der Waals surface area contributed by atoms with Crippen LogP contribution in [0.4, 0.5) is 17.1 Å². The zero-order valence-electron chi connectivity index (χ0n) is 20.4. The van der Waals surface area contributed by atoms with Crippen molar-refractivity contribution in [2.24, 2.45) is 0 Å². The molecule has 0 saturated heterocycles. The predicted octanol–water partition coefficient (Wildman–Crippen LogP) is 11.3. The monoisotopic (exact) mass is 589 g/mol. The molecule has 4 aromatic rings. The SMILES string of the molecule is CCCCCCCCc1ccc(-c2ccc(N(c3ccc(Br)cc3)c3ccc(Br)cc3)cc2)cc1. The van der Waals surface area contributed by atoms with Crippen molar-refractivity contribution < 1.29 is 0 Å². The average Bonchev–Trinajstić information content (AvgIpc) is 2.89. The number of anilines is 3. The van der Waals surface area contributed by atoms with Gasteiger partial charge in [-0.1, -0.05) is 107 Å². The van der Waals surface area contributed by atoms with Crippen LogP contribution >= 0.6 is 31.9 Å². The third kappa shape index (κ3) is 7.32. The molecule has 0 unspecified atom stereocenters. The van der Waals surface area contributed by atoms with Crippen LogP contribution in [0.25, 0.3) is 11.1 Å². The molecule has 0 amide bonds. The lowest BCUT2D eigenvalue weighted by Crippen LogP contribution is -2.09. The van der Waals surface area contributed by atoms with Gasteiger partial charge < -0.3 is 4.90 Å². The largest absolute Gasteiger partial charge is 0.311 e. The summed E-state index contributed by atoms with van der Waals surface area (Å²) in [5.41, 5.74) is 7.34. The number of nitrogens with zero attached hydrogens (tertiary/aromatic N) is 1. The first-order valence-corrected chi connectivity index (χ1v) is 14.2. The van der Waals surface area contributed by atoms with Crippen LogP contribution < -0.4 is 4.90 Å². The summed E-state index contributed by atoms with van der Waals surface area (Å²) < 4.78 is 2.15. The molecule has 0 heterocycles. The van der Waals surface area contributed by atoms with E-state index >= 15 is 0 Å². The van der Waals surface area contributed by atoms with Crippen molar-refractivity contribution in [3.8, 4) is 11.1 Å². The number of hydrogen-bond acceptors (Lipinski definition) is 1. The Morgan fingerprint density at radius 2 is 0.886 bits per heavy atom. The van der Waals surface area contributed by atoms with E-state index < -0.39 is 0 Å². The van der Waals surface area contributed by atoms with Gasteiger partial charge in [-0.05, 0) is 90.2 Å². The van der Waals surface area contributed by atoms with Gasteiger partial charge in [0.2, 0.25) is 0 Å². The summed E-state index contributed by atoms with van der Waals surface area (Å²) in [5.74, 6) is 0. The lowest BCUT2D eigenvalue weighted by Gasteiger charge is -2.25. The molecule has 0 N–H and O–H groups in total. The van der Waals surface area contributed by atoms with E-state index in [2.05, 4.69) is 141 Å². The number of benzene rings is 4. The molecule has 1 nitrogen and oxygen atoms in total. The van der Waals surface area contributed by atoms with Gasteiger partial charge in [-0.3, -0.25) is 0 Å². The summed E-state index contributed by atoms with van der Waals surface area (Å²) in [7, 11) is 0. The van der Waals surface area contributed by atoms with E-state index in [-0.39, 0.29) is 0 Å². The van der Waals surface area contributed by atoms with Crippen molar-refractivity contribution in [2.75, 3.05) is 4.90 Å². The molecule has 4 aromatic carbocycles. The summed E-state index contributed by atoms with van der Waals surface area (Å²) in [6.45, 7) is 2.27. The van der Waals surface area contributed by atoms with E-state index in [9.17, 15) is 0 Å². The van der Waals surface area contributed by atoms with E-state index in [1.54, 1.807) is 0 Å². The third-order valence-electron chi connectivity index (χ3n) is 6.40. The topological polar surface area (TPSA) is 3.24 Å². The van der Waals surface area contributed by atoms with Crippen molar-refractivity contribution in [3.05, 3.63) is 112 Å². The number of hydrogen-bond donors (Lipinski definition) is 0. The summed E-state index contributed by atoms with van der Waals surface area (Å²) in [6, 6.07) is 34.9. The molecular weight excluding hydrogens is 558 g/mol. The number of aryl methyl sites for hydroxylation is 1. The molecule has 0 atom stereocenters. The maximum Gasteiger partial charge on any atom is 0.0462 e. The third-order valence-corrected chi connectivity index (χ3v) is 7.46. The van der Waals surface area contributed by atoms with Crippen molar-refractivity contribution in [1.82, 2.24) is 0 Å². The molecule has 4 rings (SSSR count). The zero-order chi connectivity index (χ0) is 24.5. The van der Waals surface area contributed by atoms with Crippen LogP contribution in [0.5, 0.6) is 0 Å². The predicted molar refractivity (Wildman–Crippen MR) is 159 cm³/mol. The minimum absolute atomic E-state index is 1.08. The lowest BCUT2D eigenvalue weighted by atomic mass is 10.0. The fraction of sp³-hybridized carbons (Fsp3) is 0.250. The Morgan fingerprint density at radius 3 is 1.37 bits per heavy atom. The molecular formula is C32H33Br2N. The van der Waals surface area contributed by atoms with Gasteiger partial charge in [0.05, 0.1) is 0 Å². The van der Waals surface area contributed by atoms with Gasteiger partial charge in [0.25, 0.3) is 0 Å². The summed E-state index contributed by atoms with van der Waals surface area (Å²) >= 11 is 7.12. The van der Waals surface area contributed by atoms with Gasteiger partial charge >= 0.3 is 0 Å². The van der Waals surface area contributed by atoms with Gasteiger partial charge in [-0.2, -0.15) is 0 Å². The Kier molecular flexibility index (Phi) is 9.62. The minimum Gasteiger partial charge on any atom is -0.311 e. The van der Waals surface area contributed by atoms with Crippen LogP contribution in [0, 0.1) is 0 Å². The molecule has 180 valence electrons. The Bertz CT molecular complexity index is 1120. The molecule has 0 bridgehead atoms. The van der Waals surface area contributed by atoms with E-state index in [0.717, 1.165) is 26.0 Å². The summed E-state index contributed by atoms with van der Waals surface area (Å²) in [5, 5.41) is 0. The second-order valence-electron chi connectivity index (χ2n) is 9.05. The van der Waals surface area contributed by atoms with E-state index in [1.165, 1.54) is 61.6 Å². The van der Waals surface area contributed by atoms with Gasteiger partial charge in [0.15, 0.2) is 0 Å². The van der Waals surface area contributed by atoms with E-state index in [0.29, 0.717) is 0 Å². The fourth-order valence-electron chi connectivity index (χ4n) is 4.40. The Morgan fingerprint density at radius 1 is 0.486 bits per heavy atom. The van der Waals surface area contributed by atoms with Gasteiger partial charge in [-0.15, -0.1) is 0 Å². The molecule has 0 fully saturated rings. The van der Waals surface area contributed by atoms with Crippen LogP contribution in [0.15, 0.2) is 106 Å². The molecule has 0 aliphatic rings. The standard InChI is InChI=1S/C32H33Br2N/c1-2-3-4-5-6-7-8-25-9-11-26(12-10-25)27-13-19-30(20-14-27)35(31-21-15-28(33)16-22-31)32-23-17-29(34)18-24-32/h9-24H,2-8H2,1H3. The Balaban J connectivity index is 1.48. The smallest absolute Gasteiger partial charge is 0.0462 e. The highest BCUT2D eigenvalue weighted by atomic mass is 79.9. The first kappa shape index (κ1) is 25.7. The van der Waals surface area contributed by atoms with Crippen LogP contribution in [-0.4, -0.2) is 0 Å². The Labute approximate surface area is 227 Å². The van der Waals surface area contributed by atoms with Crippen LogP contribution in [0.2, 0.25) is 0 Å². The molecule has 0 aromatic heterocycles. The average molecular weight is 591 g/mol. The second-order valence-corrected chi connectivity index (χ2v) is 10.9. The second kappa shape index (κ2) is 13.1. The van der Waals surface area contributed by atoms with Crippen molar-refractivity contribution >= 4 is 48.9 Å². The van der Waals surface area contributed by atoms with Gasteiger partial charge in [0, 0.05) is 26.0 Å². The van der Waals surface area contributed by atoms with Crippen molar-refractivity contribution in [3.63, 3.8) is 0 Å². The maximum absolute atomic E-state index is 3.56. The molecule has 0 saturated carbocycles. The Hall–Kier alpha value is -2.36. The van der Waals surface area contributed by atoms with Crippen LogP contribution in [0.1, 0.15) is 51.0 Å². The number of rotatable bonds is 11. The molecule has 35 heavy (non-hydrogen) atoms. The first-order valence-electron chi connectivity index (χ1n) is 12.6. The highest BCUT2D eigenvalue weighted by molar-refractivity contribution is 9.10. The number of halogens is 2. The van der Waals surface area contributed by atoms with Crippen LogP contribution in [-0.2, 0) is 6.42 Å². The van der Waals surface area contributed by atoms with Gasteiger partial charge in [0.1, 0.15) is 0 Å². The molecule has 3 heteroatoms. The molecule has 0 radical (unpaired) electrons. The van der Waals surface area contributed by atoms with E-state index in [4.69, 9.17) is 0 Å². The first-order chi connectivity index (χ1) is 17.1. The molecule has 0 aliphatic heterocycles. The summed E-state index contributed by atoms with van der Waals surface area (Å²) in [4.78, 5) is 2.28. The van der Waals surface area contributed by atoms with Gasteiger partial charge in [-0.25, -0.2) is 0 Å². The van der Waals surface area contributed by atoms with Crippen molar-refractivity contribution in [2.45, 2.75) is 51.9 Å². The highest BCUT2D eigenvalue weighted by Gasteiger charge is 2.12. The quantitative estimate of drug-likeness (QED) is 0.157. The molecule has 0 aliphatic carbocycles. The normalized spacial score (nSPS) is 10.9. The zero-order valence-corrected chi connectivity index (χ0v) is 23.6. The summed E-state index contributed by atoms with van der Waals surface area (Å²) in [6.07, 6.45) is 9.26. The minimum atomic E-state index is 1.08.